The molecule has 0 radical (unpaired) electrons. The average Bonchev–Trinajstić information content (AvgIpc) is 2.17. The predicted octanol–water partition coefficient (Wildman–Crippen LogP) is 1.74. The molecule has 0 aliphatic heterocycles. The second-order valence-corrected chi connectivity index (χ2v) is 3.51. The molecule has 0 bridgehead atoms. The SMILES string of the molecule is CC(N)=C(C#N)C(N)=Nc1cccc(C)c1. The van der Waals surface area contributed by atoms with E-state index in [4.69, 9.17) is 16.7 Å². The van der Waals surface area contributed by atoms with E-state index in [0.717, 1.165) is 5.56 Å². The smallest absolute Gasteiger partial charge is 0.143 e. The van der Waals surface area contributed by atoms with Crippen LogP contribution in [0, 0.1) is 18.3 Å². The number of rotatable bonds is 2. The van der Waals surface area contributed by atoms with Gasteiger partial charge in [0, 0.05) is 5.70 Å². The van der Waals surface area contributed by atoms with E-state index in [2.05, 4.69) is 4.99 Å². The van der Waals surface area contributed by atoms with Gasteiger partial charge in [0.2, 0.25) is 0 Å². The van der Waals surface area contributed by atoms with E-state index in [1.807, 2.05) is 37.3 Å². The van der Waals surface area contributed by atoms with Crippen LogP contribution in [0.2, 0.25) is 0 Å². The fourth-order valence-corrected chi connectivity index (χ4v) is 1.24. The van der Waals surface area contributed by atoms with Gasteiger partial charge in [0.25, 0.3) is 0 Å². The van der Waals surface area contributed by atoms with Crippen LogP contribution in [0.4, 0.5) is 5.69 Å². The molecule has 0 saturated heterocycles. The Bertz CT molecular complexity index is 488. The number of allylic oxidation sites excluding steroid dienone is 1. The monoisotopic (exact) mass is 214 g/mol. The normalized spacial score (nSPS) is 12.9. The molecule has 1 aromatic rings. The Morgan fingerprint density at radius 2 is 2.06 bits per heavy atom. The maximum Gasteiger partial charge on any atom is 0.143 e. The molecule has 4 heteroatoms. The molecular formula is C12H14N4. The number of aliphatic imine (C=N–C) groups is 1. The van der Waals surface area contributed by atoms with Crippen LogP contribution < -0.4 is 11.5 Å². The minimum atomic E-state index is 0.146. The Labute approximate surface area is 94.9 Å². The molecule has 82 valence electrons. The Kier molecular flexibility index (Phi) is 3.67. The van der Waals surface area contributed by atoms with Gasteiger partial charge in [0.05, 0.1) is 5.69 Å². The molecule has 0 aromatic heterocycles. The Morgan fingerprint density at radius 1 is 1.38 bits per heavy atom. The highest BCUT2D eigenvalue weighted by Crippen LogP contribution is 2.14. The van der Waals surface area contributed by atoms with Crippen LogP contribution in [-0.4, -0.2) is 5.84 Å². The number of nitrogens with two attached hydrogens (primary N) is 2. The fraction of sp³-hybridized carbons (Fsp3) is 0.167. The fourth-order valence-electron chi connectivity index (χ4n) is 1.24. The molecule has 0 saturated carbocycles. The molecule has 1 rings (SSSR count). The Morgan fingerprint density at radius 3 is 2.56 bits per heavy atom. The minimum Gasteiger partial charge on any atom is -0.401 e. The van der Waals surface area contributed by atoms with Crippen molar-refractivity contribution in [1.29, 1.82) is 5.26 Å². The van der Waals surface area contributed by atoms with Crippen molar-refractivity contribution in [3.63, 3.8) is 0 Å². The highest BCUT2D eigenvalue weighted by atomic mass is 14.9. The number of nitrogens with zero attached hydrogens (tertiary/aromatic N) is 2. The van der Waals surface area contributed by atoms with Gasteiger partial charge in [-0.25, -0.2) is 4.99 Å². The van der Waals surface area contributed by atoms with Crippen molar-refractivity contribution < 1.29 is 0 Å². The van der Waals surface area contributed by atoms with Gasteiger partial charge in [-0.3, -0.25) is 0 Å². The molecule has 0 fully saturated rings. The van der Waals surface area contributed by atoms with Gasteiger partial charge in [-0.05, 0) is 31.5 Å². The van der Waals surface area contributed by atoms with Gasteiger partial charge in [-0.2, -0.15) is 5.26 Å². The van der Waals surface area contributed by atoms with Crippen molar-refractivity contribution in [2.24, 2.45) is 16.5 Å². The van der Waals surface area contributed by atoms with Crippen molar-refractivity contribution in [2.75, 3.05) is 0 Å². The summed E-state index contributed by atoms with van der Waals surface area (Å²) in [5.74, 6) is 0.146. The second-order valence-electron chi connectivity index (χ2n) is 3.51. The Hall–Kier alpha value is -2.28. The van der Waals surface area contributed by atoms with E-state index >= 15 is 0 Å². The van der Waals surface area contributed by atoms with E-state index in [1.54, 1.807) is 6.92 Å². The van der Waals surface area contributed by atoms with Gasteiger partial charge < -0.3 is 11.5 Å². The van der Waals surface area contributed by atoms with E-state index in [0.29, 0.717) is 11.4 Å². The van der Waals surface area contributed by atoms with Crippen LogP contribution in [-0.2, 0) is 0 Å². The molecule has 4 nitrogen and oxygen atoms in total. The first-order valence-electron chi connectivity index (χ1n) is 4.82. The number of amidine groups is 1. The molecular weight excluding hydrogens is 200 g/mol. The number of nitriles is 1. The van der Waals surface area contributed by atoms with Gasteiger partial charge in [-0.1, -0.05) is 12.1 Å². The van der Waals surface area contributed by atoms with Crippen LogP contribution in [0.1, 0.15) is 12.5 Å². The largest absolute Gasteiger partial charge is 0.401 e. The van der Waals surface area contributed by atoms with Crippen molar-refractivity contribution in [3.05, 3.63) is 41.1 Å². The second kappa shape index (κ2) is 4.99. The highest BCUT2D eigenvalue weighted by Gasteiger charge is 2.04. The molecule has 0 heterocycles. The molecule has 0 spiro atoms. The standard InChI is InChI=1S/C12H14N4/c1-8-4-3-5-10(6-8)16-12(15)11(7-13)9(2)14/h3-6H,14H2,1-2H3,(H2,15,16). The van der Waals surface area contributed by atoms with Gasteiger partial charge in [0.1, 0.15) is 17.5 Å². The predicted molar refractivity (Wildman–Crippen MR) is 65.0 cm³/mol. The molecule has 1 aromatic carbocycles. The summed E-state index contributed by atoms with van der Waals surface area (Å²) in [6.45, 7) is 3.58. The molecule has 16 heavy (non-hydrogen) atoms. The summed E-state index contributed by atoms with van der Waals surface area (Å²) < 4.78 is 0. The quantitative estimate of drug-likeness (QED) is 0.446. The first-order chi connectivity index (χ1) is 7.54. The highest BCUT2D eigenvalue weighted by molar-refractivity contribution is 6.02. The van der Waals surface area contributed by atoms with Crippen molar-refractivity contribution in [1.82, 2.24) is 0 Å². The van der Waals surface area contributed by atoms with E-state index in [9.17, 15) is 0 Å². The number of aryl methyl sites for hydroxylation is 1. The van der Waals surface area contributed by atoms with E-state index in [1.165, 1.54) is 0 Å². The molecule has 0 amide bonds. The van der Waals surface area contributed by atoms with Crippen molar-refractivity contribution in [2.45, 2.75) is 13.8 Å². The average molecular weight is 214 g/mol. The topological polar surface area (TPSA) is 88.2 Å². The molecule has 0 atom stereocenters. The van der Waals surface area contributed by atoms with Crippen LogP contribution in [0.3, 0.4) is 0 Å². The van der Waals surface area contributed by atoms with Gasteiger partial charge >= 0.3 is 0 Å². The van der Waals surface area contributed by atoms with Crippen LogP contribution in [0.5, 0.6) is 0 Å². The molecule has 0 aliphatic rings. The van der Waals surface area contributed by atoms with Crippen molar-refractivity contribution in [3.8, 4) is 6.07 Å². The summed E-state index contributed by atoms with van der Waals surface area (Å²) in [7, 11) is 0. The van der Waals surface area contributed by atoms with Crippen LogP contribution >= 0.6 is 0 Å². The number of hydrogen-bond acceptors (Lipinski definition) is 3. The molecule has 4 N–H and O–H groups in total. The van der Waals surface area contributed by atoms with Crippen molar-refractivity contribution >= 4 is 11.5 Å². The van der Waals surface area contributed by atoms with Gasteiger partial charge in [-0.15, -0.1) is 0 Å². The summed E-state index contributed by atoms with van der Waals surface area (Å²) >= 11 is 0. The lowest BCUT2D eigenvalue weighted by Gasteiger charge is -2.01. The summed E-state index contributed by atoms with van der Waals surface area (Å²) in [6.07, 6.45) is 0. The Balaban J connectivity index is 3.12. The van der Waals surface area contributed by atoms with E-state index in [-0.39, 0.29) is 11.4 Å². The van der Waals surface area contributed by atoms with Crippen LogP contribution in [0.15, 0.2) is 40.5 Å². The number of benzene rings is 1. The third-order valence-corrected chi connectivity index (χ3v) is 2.01. The van der Waals surface area contributed by atoms with Crippen LogP contribution in [0.25, 0.3) is 0 Å². The van der Waals surface area contributed by atoms with E-state index < -0.39 is 0 Å². The summed E-state index contributed by atoms with van der Waals surface area (Å²) in [4.78, 5) is 4.15. The zero-order valence-electron chi connectivity index (χ0n) is 9.36. The lowest BCUT2D eigenvalue weighted by Crippen LogP contribution is -2.17. The zero-order valence-corrected chi connectivity index (χ0v) is 9.36. The summed E-state index contributed by atoms with van der Waals surface area (Å²) in [5.41, 5.74) is 13.6. The van der Waals surface area contributed by atoms with Gasteiger partial charge in [0.15, 0.2) is 0 Å². The summed E-state index contributed by atoms with van der Waals surface area (Å²) in [5, 5.41) is 8.85. The minimum absolute atomic E-state index is 0.146. The maximum absolute atomic E-state index is 8.85. The molecule has 0 aliphatic carbocycles. The zero-order chi connectivity index (χ0) is 12.1. The summed E-state index contributed by atoms with van der Waals surface area (Å²) in [6, 6.07) is 9.48. The first-order valence-corrected chi connectivity index (χ1v) is 4.82. The molecule has 0 unspecified atom stereocenters. The third kappa shape index (κ3) is 2.85. The maximum atomic E-state index is 8.85. The lowest BCUT2D eigenvalue weighted by atomic mass is 10.2. The third-order valence-electron chi connectivity index (χ3n) is 2.01. The number of hydrogen-bond donors (Lipinski definition) is 2. The first kappa shape index (κ1) is 11.8. The lowest BCUT2D eigenvalue weighted by molar-refractivity contribution is 1.27.